The van der Waals surface area contributed by atoms with Gasteiger partial charge in [0.2, 0.25) is 5.88 Å². The molecular formula is C16H20F3N5OS. The van der Waals surface area contributed by atoms with Gasteiger partial charge in [-0.2, -0.15) is 13.2 Å². The fraction of sp³-hybridized carbons (Fsp3) is 0.438. The number of aryl methyl sites for hydroxylation is 1. The SMILES string of the molecule is CN=C(NCCOc1ccc(C(F)(F)F)cn1)N(C)Cc1csc(C)n1. The first kappa shape index (κ1) is 20.0. The molecule has 0 saturated carbocycles. The average molecular weight is 387 g/mol. The van der Waals surface area contributed by atoms with Crippen LogP contribution < -0.4 is 10.1 Å². The number of nitrogens with one attached hydrogen (secondary N) is 1. The summed E-state index contributed by atoms with van der Waals surface area (Å²) in [6, 6.07) is 2.15. The Morgan fingerprint density at radius 3 is 2.69 bits per heavy atom. The quantitative estimate of drug-likeness (QED) is 0.469. The van der Waals surface area contributed by atoms with Gasteiger partial charge in [-0.1, -0.05) is 0 Å². The lowest BCUT2D eigenvalue weighted by Gasteiger charge is -2.21. The van der Waals surface area contributed by atoms with Crippen LogP contribution in [0, 0.1) is 6.92 Å². The normalized spacial score (nSPS) is 12.2. The molecule has 0 fully saturated rings. The smallest absolute Gasteiger partial charge is 0.417 e. The van der Waals surface area contributed by atoms with Crippen molar-refractivity contribution in [1.29, 1.82) is 0 Å². The van der Waals surface area contributed by atoms with Gasteiger partial charge in [0.15, 0.2) is 5.96 Å². The maximum atomic E-state index is 12.5. The highest BCUT2D eigenvalue weighted by Crippen LogP contribution is 2.29. The Hall–Kier alpha value is -2.36. The summed E-state index contributed by atoms with van der Waals surface area (Å²) < 4.78 is 42.8. The second-order valence-electron chi connectivity index (χ2n) is 5.42. The van der Waals surface area contributed by atoms with Crippen molar-refractivity contribution in [2.45, 2.75) is 19.6 Å². The maximum Gasteiger partial charge on any atom is 0.417 e. The molecule has 0 spiro atoms. The van der Waals surface area contributed by atoms with E-state index in [2.05, 4.69) is 20.3 Å². The van der Waals surface area contributed by atoms with Crippen molar-refractivity contribution in [3.8, 4) is 5.88 Å². The molecule has 10 heteroatoms. The third-order valence-corrected chi connectivity index (χ3v) is 4.16. The molecule has 0 bridgehead atoms. The number of aliphatic imine (C=N–C) groups is 1. The minimum Gasteiger partial charge on any atom is -0.476 e. The molecule has 0 amide bonds. The van der Waals surface area contributed by atoms with Crippen LogP contribution >= 0.6 is 11.3 Å². The van der Waals surface area contributed by atoms with Crippen molar-refractivity contribution in [3.63, 3.8) is 0 Å². The Morgan fingerprint density at radius 2 is 2.15 bits per heavy atom. The van der Waals surface area contributed by atoms with Crippen LogP contribution in [0.2, 0.25) is 0 Å². The van der Waals surface area contributed by atoms with E-state index in [1.54, 1.807) is 18.4 Å². The van der Waals surface area contributed by atoms with E-state index in [9.17, 15) is 13.2 Å². The van der Waals surface area contributed by atoms with E-state index in [1.807, 2.05) is 24.3 Å². The van der Waals surface area contributed by atoms with E-state index >= 15 is 0 Å². The second kappa shape index (κ2) is 8.84. The summed E-state index contributed by atoms with van der Waals surface area (Å²) in [5, 5.41) is 6.13. The van der Waals surface area contributed by atoms with E-state index in [4.69, 9.17) is 4.74 Å². The van der Waals surface area contributed by atoms with Gasteiger partial charge in [-0.3, -0.25) is 4.99 Å². The summed E-state index contributed by atoms with van der Waals surface area (Å²) in [6.45, 7) is 3.23. The van der Waals surface area contributed by atoms with Crippen molar-refractivity contribution in [2.24, 2.45) is 4.99 Å². The molecule has 142 valence electrons. The molecule has 1 N–H and O–H groups in total. The molecule has 0 aliphatic heterocycles. The third-order valence-electron chi connectivity index (χ3n) is 3.34. The standard InChI is InChI=1S/C16H20F3N5OS/c1-11-23-13(10-26-11)9-24(3)15(20-2)21-6-7-25-14-5-4-12(8-22-14)16(17,18)19/h4-5,8,10H,6-7,9H2,1-3H3,(H,20,21). The van der Waals surface area contributed by atoms with Crippen LogP contribution in [0.25, 0.3) is 0 Å². The molecule has 2 rings (SSSR count). The lowest BCUT2D eigenvalue weighted by Crippen LogP contribution is -2.40. The lowest BCUT2D eigenvalue weighted by molar-refractivity contribution is -0.137. The zero-order valence-electron chi connectivity index (χ0n) is 14.7. The molecule has 0 unspecified atom stereocenters. The molecule has 0 aliphatic carbocycles. The number of thiazole rings is 1. The zero-order chi connectivity index (χ0) is 19.2. The lowest BCUT2D eigenvalue weighted by atomic mass is 10.3. The van der Waals surface area contributed by atoms with Gasteiger partial charge < -0.3 is 15.0 Å². The predicted octanol–water partition coefficient (Wildman–Crippen LogP) is 2.95. The highest BCUT2D eigenvalue weighted by molar-refractivity contribution is 7.09. The first-order valence-electron chi connectivity index (χ1n) is 7.78. The van der Waals surface area contributed by atoms with Crippen LogP contribution in [-0.2, 0) is 12.7 Å². The highest BCUT2D eigenvalue weighted by Gasteiger charge is 2.30. The maximum absolute atomic E-state index is 12.5. The number of pyridine rings is 1. The number of aromatic nitrogens is 2. The van der Waals surface area contributed by atoms with Crippen molar-refractivity contribution >= 4 is 17.3 Å². The van der Waals surface area contributed by atoms with Gasteiger partial charge in [0.05, 0.1) is 29.4 Å². The van der Waals surface area contributed by atoms with Gasteiger partial charge in [-0.05, 0) is 13.0 Å². The Morgan fingerprint density at radius 1 is 1.38 bits per heavy atom. The molecule has 0 aliphatic rings. The number of nitrogens with zero attached hydrogens (tertiary/aromatic N) is 4. The summed E-state index contributed by atoms with van der Waals surface area (Å²) in [6.07, 6.45) is -3.65. The minimum atomic E-state index is -4.40. The Labute approximate surface area is 153 Å². The van der Waals surface area contributed by atoms with Crippen molar-refractivity contribution < 1.29 is 17.9 Å². The van der Waals surface area contributed by atoms with Gasteiger partial charge in [0.1, 0.15) is 6.61 Å². The Balaban J connectivity index is 1.77. The van der Waals surface area contributed by atoms with Crippen LogP contribution in [0.3, 0.4) is 0 Å². The second-order valence-corrected chi connectivity index (χ2v) is 6.48. The number of alkyl halides is 3. The van der Waals surface area contributed by atoms with E-state index in [0.717, 1.165) is 23.0 Å². The summed E-state index contributed by atoms with van der Waals surface area (Å²) in [5.74, 6) is 0.806. The Kier molecular flexibility index (Phi) is 6.78. The number of guanidine groups is 1. The first-order valence-corrected chi connectivity index (χ1v) is 8.66. The van der Waals surface area contributed by atoms with Gasteiger partial charge in [0.25, 0.3) is 0 Å². The van der Waals surface area contributed by atoms with Crippen molar-refractivity contribution in [1.82, 2.24) is 20.2 Å². The molecule has 2 heterocycles. The fourth-order valence-electron chi connectivity index (χ4n) is 2.14. The van der Waals surface area contributed by atoms with Crippen molar-refractivity contribution in [2.75, 3.05) is 27.2 Å². The minimum absolute atomic E-state index is 0.140. The number of rotatable bonds is 6. The van der Waals surface area contributed by atoms with Crippen LogP contribution in [-0.4, -0.2) is 48.1 Å². The topological polar surface area (TPSA) is 62.6 Å². The van der Waals surface area contributed by atoms with E-state index in [0.29, 0.717) is 19.0 Å². The summed E-state index contributed by atoms with van der Waals surface area (Å²) in [5.41, 5.74) is 0.158. The Bertz CT molecular complexity index is 730. The van der Waals surface area contributed by atoms with Gasteiger partial charge in [0, 0.05) is 31.7 Å². The van der Waals surface area contributed by atoms with Crippen LogP contribution in [0.15, 0.2) is 28.7 Å². The predicted molar refractivity (Wildman–Crippen MR) is 94.4 cm³/mol. The molecule has 6 nitrogen and oxygen atoms in total. The number of ether oxygens (including phenoxy) is 1. The molecule has 26 heavy (non-hydrogen) atoms. The van der Waals surface area contributed by atoms with E-state index in [-0.39, 0.29) is 12.5 Å². The van der Waals surface area contributed by atoms with Crippen LogP contribution in [0.1, 0.15) is 16.3 Å². The molecule has 2 aromatic rings. The molecule has 0 radical (unpaired) electrons. The molecular weight excluding hydrogens is 367 g/mol. The zero-order valence-corrected chi connectivity index (χ0v) is 15.5. The fourth-order valence-corrected chi connectivity index (χ4v) is 2.74. The largest absolute Gasteiger partial charge is 0.476 e. The van der Waals surface area contributed by atoms with E-state index in [1.165, 1.54) is 6.07 Å². The molecule has 0 aromatic carbocycles. The monoisotopic (exact) mass is 387 g/mol. The van der Waals surface area contributed by atoms with Gasteiger partial charge in [-0.25, -0.2) is 9.97 Å². The number of halogens is 3. The summed E-state index contributed by atoms with van der Waals surface area (Å²) in [4.78, 5) is 14.2. The summed E-state index contributed by atoms with van der Waals surface area (Å²) >= 11 is 1.59. The van der Waals surface area contributed by atoms with Gasteiger partial charge >= 0.3 is 6.18 Å². The molecule has 0 atom stereocenters. The number of hydrogen-bond acceptors (Lipinski definition) is 5. The summed E-state index contributed by atoms with van der Waals surface area (Å²) in [7, 11) is 3.56. The van der Waals surface area contributed by atoms with Gasteiger partial charge in [-0.15, -0.1) is 11.3 Å². The molecule has 0 saturated heterocycles. The van der Waals surface area contributed by atoms with Crippen LogP contribution in [0.4, 0.5) is 13.2 Å². The molecule has 2 aromatic heterocycles. The number of hydrogen-bond donors (Lipinski definition) is 1. The van der Waals surface area contributed by atoms with Crippen LogP contribution in [0.5, 0.6) is 5.88 Å². The third kappa shape index (κ3) is 5.87. The first-order chi connectivity index (χ1) is 12.3. The average Bonchev–Trinajstić information content (AvgIpc) is 2.99. The van der Waals surface area contributed by atoms with E-state index < -0.39 is 11.7 Å². The highest BCUT2D eigenvalue weighted by atomic mass is 32.1. The van der Waals surface area contributed by atoms with Crippen molar-refractivity contribution in [3.05, 3.63) is 40.0 Å².